The number of nitrogens with zero attached hydrogens (tertiary/aromatic N) is 2. The van der Waals surface area contributed by atoms with Gasteiger partial charge in [0.15, 0.2) is 9.84 Å². The van der Waals surface area contributed by atoms with Gasteiger partial charge in [-0.1, -0.05) is 36.4 Å². The van der Waals surface area contributed by atoms with E-state index in [0.29, 0.717) is 23.4 Å². The number of rotatable bonds is 4. The van der Waals surface area contributed by atoms with E-state index in [1.807, 2.05) is 30.3 Å². The van der Waals surface area contributed by atoms with Crippen molar-refractivity contribution in [2.45, 2.75) is 17.4 Å². The molecule has 4 rings (SSSR count). The van der Waals surface area contributed by atoms with E-state index in [4.69, 9.17) is 0 Å². The Balaban J connectivity index is 1.39. The molecule has 0 bridgehead atoms. The first-order valence-electron chi connectivity index (χ1n) is 9.47. The molecule has 0 aromatic heterocycles. The van der Waals surface area contributed by atoms with Crippen molar-refractivity contribution < 1.29 is 13.2 Å². The number of benzene rings is 3. The van der Waals surface area contributed by atoms with E-state index in [-0.39, 0.29) is 16.7 Å². The molecule has 152 valence electrons. The fourth-order valence-electron chi connectivity index (χ4n) is 3.29. The van der Waals surface area contributed by atoms with Crippen LogP contribution in [0.1, 0.15) is 18.0 Å². The summed E-state index contributed by atoms with van der Waals surface area (Å²) in [5, 5.41) is 14.0. The van der Waals surface area contributed by atoms with Crippen molar-refractivity contribution in [1.29, 1.82) is 0 Å². The molecule has 1 aliphatic rings. The van der Waals surface area contributed by atoms with Gasteiger partial charge in [0.2, 0.25) is 0 Å². The molecule has 1 atom stereocenters. The van der Waals surface area contributed by atoms with E-state index in [9.17, 15) is 13.2 Å². The fraction of sp³-hybridized carbons (Fsp3) is 0.136. The average Bonchev–Trinajstić information content (AvgIpc) is 2.76. The lowest BCUT2D eigenvalue weighted by atomic mass is 10.0. The van der Waals surface area contributed by atoms with Gasteiger partial charge in [-0.25, -0.2) is 13.2 Å². The number of nitrogens with one attached hydrogen (secondary N) is 2. The van der Waals surface area contributed by atoms with Crippen molar-refractivity contribution >= 4 is 32.9 Å². The van der Waals surface area contributed by atoms with E-state index in [0.717, 1.165) is 5.69 Å². The molecule has 3 aromatic carbocycles. The van der Waals surface area contributed by atoms with Gasteiger partial charge in [0.05, 0.1) is 28.1 Å². The third-order valence-electron chi connectivity index (χ3n) is 4.77. The first-order chi connectivity index (χ1) is 14.5. The number of azo groups is 1. The maximum Gasteiger partial charge on any atom is 0.319 e. The van der Waals surface area contributed by atoms with E-state index >= 15 is 0 Å². The van der Waals surface area contributed by atoms with Crippen molar-refractivity contribution in [3.8, 4) is 0 Å². The first kappa shape index (κ1) is 19.8. The Kier molecular flexibility index (Phi) is 5.58. The Morgan fingerprint density at radius 1 is 0.833 bits per heavy atom. The molecule has 0 saturated carbocycles. The number of anilines is 1. The second kappa shape index (κ2) is 8.46. The summed E-state index contributed by atoms with van der Waals surface area (Å²) in [4.78, 5) is 12.7. The van der Waals surface area contributed by atoms with Crippen LogP contribution in [0.4, 0.5) is 21.9 Å². The minimum absolute atomic E-state index is 0.01000. The standard InChI is InChI=1S/C22H20N4O3S/c27-22(24-20-14-15-30(28,29)21-9-5-4-8-19(20)21)23-16-10-12-18(13-11-16)26-25-17-6-2-1-3-7-17/h1-13,20H,14-15H2,(H2,23,24,27). The normalized spacial score (nSPS) is 17.3. The molecule has 1 aliphatic heterocycles. The monoisotopic (exact) mass is 420 g/mol. The van der Waals surface area contributed by atoms with E-state index in [2.05, 4.69) is 20.9 Å². The summed E-state index contributed by atoms with van der Waals surface area (Å²) >= 11 is 0. The Hall–Kier alpha value is -3.52. The van der Waals surface area contributed by atoms with E-state index in [1.165, 1.54) is 0 Å². The van der Waals surface area contributed by atoms with Crippen LogP contribution in [-0.2, 0) is 9.84 Å². The second-order valence-corrected chi connectivity index (χ2v) is 8.96. The molecule has 2 amide bonds. The van der Waals surface area contributed by atoms with Gasteiger partial charge < -0.3 is 10.6 Å². The first-order valence-corrected chi connectivity index (χ1v) is 11.1. The number of hydrogen-bond donors (Lipinski definition) is 2. The van der Waals surface area contributed by atoms with Crippen molar-refractivity contribution in [3.63, 3.8) is 0 Å². The summed E-state index contributed by atoms with van der Waals surface area (Å²) in [5.41, 5.74) is 2.64. The fourth-order valence-corrected chi connectivity index (χ4v) is 4.91. The highest BCUT2D eigenvalue weighted by atomic mass is 32.2. The number of urea groups is 1. The maximum atomic E-state index is 12.4. The van der Waals surface area contributed by atoms with Crippen LogP contribution in [0.25, 0.3) is 0 Å². The zero-order valence-corrected chi connectivity index (χ0v) is 16.8. The summed E-state index contributed by atoms with van der Waals surface area (Å²) < 4.78 is 24.5. The van der Waals surface area contributed by atoms with Gasteiger partial charge in [-0.05, 0) is 54.4 Å². The Morgan fingerprint density at radius 2 is 1.47 bits per heavy atom. The van der Waals surface area contributed by atoms with Crippen LogP contribution in [0.3, 0.4) is 0 Å². The second-order valence-electron chi connectivity index (χ2n) is 6.88. The van der Waals surface area contributed by atoms with Crippen LogP contribution < -0.4 is 10.6 Å². The molecule has 1 heterocycles. The molecule has 2 N–H and O–H groups in total. The Bertz CT molecular complexity index is 1180. The average molecular weight is 420 g/mol. The van der Waals surface area contributed by atoms with Gasteiger partial charge in [-0.15, -0.1) is 0 Å². The van der Waals surface area contributed by atoms with Crippen LogP contribution in [0.5, 0.6) is 0 Å². The molecular formula is C22H20N4O3S. The molecule has 1 unspecified atom stereocenters. The summed E-state index contributed by atoms with van der Waals surface area (Å²) in [7, 11) is -3.29. The van der Waals surface area contributed by atoms with Crippen molar-refractivity contribution in [2.75, 3.05) is 11.1 Å². The maximum absolute atomic E-state index is 12.4. The van der Waals surface area contributed by atoms with Crippen molar-refractivity contribution in [1.82, 2.24) is 5.32 Å². The smallest absolute Gasteiger partial charge is 0.319 e. The van der Waals surface area contributed by atoms with Crippen LogP contribution in [0, 0.1) is 0 Å². The molecule has 30 heavy (non-hydrogen) atoms. The minimum Gasteiger partial charge on any atom is -0.331 e. The molecule has 0 aliphatic carbocycles. The number of carbonyl (C=O) groups is 1. The zero-order chi connectivity index (χ0) is 21.0. The molecule has 0 fully saturated rings. The third kappa shape index (κ3) is 4.55. The van der Waals surface area contributed by atoms with E-state index < -0.39 is 15.9 Å². The lowest BCUT2D eigenvalue weighted by Gasteiger charge is -2.26. The highest BCUT2D eigenvalue weighted by Crippen LogP contribution is 2.32. The third-order valence-corrected chi connectivity index (χ3v) is 6.59. The highest BCUT2D eigenvalue weighted by molar-refractivity contribution is 7.91. The summed E-state index contributed by atoms with van der Waals surface area (Å²) in [5.74, 6) is 0.01000. The molecule has 0 spiro atoms. The molecule has 8 heteroatoms. The number of sulfone groups is 1. The largest absolute Gasteiger partial charge is 0.331 e. The quantitative estimate of drug-likeness (QED) is 0.571. The summed E-state index contributed by atoms with van der Waals surface area (Å²) in [6.45, 7) is 0. The lowest BCUT2D eigenvalue weighted by molar-refractivity contribution is 0.248. The molecule has 3 aromatic rings. The molecule has 7 nitrogen and oxygen atoms in total. The number of fused-ring (bicyclic) bond motifs is 1. The molecule has 0 radical (unpaired) electrons. The van der Waals surface area contributed by atoms with E-state index in [1.54, 1.807) is 48.5 Å². The summed E-state index contributed by atoms with van der Waals surface area (Å²) in [6.07, 6.45) is 0.339. The topological polar surface area (TPSA) is 100.0 Å². The van der Waals surface area contributed by atoms with Gasteiger partial charge in [0, 0.05) is 5.69 Å². The number of carbonyl (C=O) groups excluding carboxylic acids is 1. The zero-order valence-electron chi connectivity index (χ0n) is 16.0. The van der Waals surface area contributed by atoms with Crippen LogP contribution in [0.15, 0.2) is 94.0 Å². The lowest BCUT2D eigenvalue weighted by Crippen LogP contribution is -2.36. The predicted molar refractivity (Wildman–Crippen MR) is 115 cm³/mol. The van der Waals surface area contributed by atoms with Crippen LogP contribution in [-0.4, -0.2) is 20.2 Å². The number of amides is 2. The van der Waals surface area contributed by atoms with Gasteiger partial charge in [0.25, 0.3) is 0 Å². The summed E-state index contributed by atoms with van der Waals surface area (Å²) in [6, 6.07) is 22.4. The van der Waals surface area contributed by atoms with Crippen molar-refractivity contribution in [3.05, 3.63) is 84.4 Å². The number of hydrogen-bond acceptors (Lipinski definition) is 5. The van der Waals surface area contributed by atoms with Gasteiger partial charge >= 0.3 is 6.03 Å². The highest BCUT2D eigenvalue weighted by Gasteiger charge is 2.30. The minimum atomic E-state index is -3.29. The molecular weight excluding hydrogens is 400 g/mol. The Labute approximate surface area is 174 Å². The SMILES string of the molecule is O=C(Nc1ccc(N=Nc2ccccc2)cc1)NC1CCS(=O)(=O)c2ccccc21. The van der Waals surface area contributed by atoms with Gasteiger partial charge in [-0.3, -0.25) is 0 Å². The van der Waals surface area contributed by atoms with Crippen LogP contribution in [0.2, 0.25) is 0 Å². The van der Waals surface area contributed by atoms with Crippen LogP contribution >= 0.6 is 0 Å². The van der Waals surface area contributed by atoms with Gasteiger partial charge in [0.1, 0.15) is 0 Å². The van der Waals surface area contributed by atoms with Crippen molar-refractivity contribution in [2.24, 2.45) is 10.2 Å². The molecule has 0 saturated heterocycles. The predicted octanol–water partition coefficient (Wildman–Crippen LogP) is 5.14. The van der Waals surface area contributed by atoms with Gasteiger partial charge in [-0.2, -0.15) is 10.2 Å². The Morgan fingerprint density at radius 3 is 2.20 bits per heavy atom.